The first-order chi connectivity index (χ1) is 9.67. The van der Waals surface area contributed by atoms with Crippen LogP contribution in [-0.2, 0) is 0 Å². The summed E-state index contributed by atoms with van der Waals surface area (Å²) in [5, 5.41) is 3.80. The quantitative estimate of drug-likeness (QED) is 0.725. The Bertz CT molecular complexity index is 774. The Hall–Kier alpha value is -2.05. The number of H-pyrrole nitrogens is 1. The largest absolute Gasteiger partial charge is 0.495 e. The van der Waals surface area contributed by atoms with Crippen LogP contribution in [0.4, 0.5) is 11.5 Å². The molecule has 2 heterocycles. The first kappa shape index (κ1) is 13.0. The molecule has 8 heteroatoms. The molecule has 0 bridgehead atoms. The summed E-state index contributed by atoms with van der Waals surface area (Å²) >= 11 is 11.9. The highest BCUT2D eigenvalue weighted by Crippen LogP contribution is 2.31. The zero-order chi connectivity index (χ0) is 14.1. The van der Waals surface area contributed by atoms with Crippen LogP contribution >= 0.6 is 23.2 Å². The fraction of sp³-hybridized carbons (Fsp3) is 0.0833. The van der Waals surface area contributed by atoms with E-state index in [0.29, 0.717) is 33.4 Å². The third-order valence-corrected chi connectivity index (χ3v) is 3.08. The number of methoxy groups -OCH3 is 1. The number of ether oxygens (including phenoxy) is 1. The van der Waals surface area contributed by atoms with Crippen molar-refractivity contribution in [2.75, 3.05) is 12.4 Å². The third-order valence-electron chi connectivity index (χ3n) is 2.67. The Balaban J connectivity index is 2.09. The van der Waals surface area contributed by atoms with E-state index in [1.54, 1.807) is 25.3 Å². The van der Waals surface area contributed by atoms with Gasteiger partial charge >= 0.3 is 0 Å². The average Bonchev–Trinajstić information content (AvgIpc) is 2.87. The molecule has 20 heavy (non-hydrogen) atoms. The number of imidazole rings is 1. The number of nitrogens with one attached hydrogen (secondary N) is 2. The Labute approximate surface area is 124 Å². The predicted octanol–water partition coefficient (Wildman–Crippen LogP) is 3.41. The molecule has 3 rings (SSSR count). The summed E-state index contributed by atoms with van der Waals surface area (Å²) in [5.41, 5.74) is 1.80. The summed E-state index contributed by atoms with van der Waals surface area (Å²) in [6, 6.07) is 5.24. The molecule has 1 aromatic carbocycles. The number of nitrogens with zero attached hydrogens (tertiary/aromatic N) is 3. The molecule has 2 N–H and O–H groups in total. The molecule has 0 saturated carbocycles. The van der Waals surface area contributed by atoms with Gasteiger partial charge in [-0.25, -0.2) is 4.98 Å². The summed E-state index contributed by atoms with van der Waals surface area (Å²) < 4.78 is 5.27. The highest BCUT2D eigenvalue weighted by atomic mass is 35.5. The third kappa shape index (κ3) is 2.35. The molecule has 0 atom stereocenters. The van der Waals surface area contributed by atoms with Gasteiger partial charge in [0.15, 0.2) is 11.5 Å². The van der Waals surface area contributed by atoms with Crippen LogP contribution in [0.2, 0.25) is 10.3 Å². The van der Waals surface area contributed by atoms with Crippen molar-refractivity contribution in [1.29, 1.82) is 0 Å². The lowest BCUT2D eigenvalue weighted by Gasteiger charge is -2.11. The molecule has 0 fully saturated rings. The summed E-state index contributed by atoms with van der Waals surface area (Å²) in [6.07, 6.45) is 1.52. The van der Waals surface area contributed by atoms with Crippen LogP contribution in [0.5, 0.6) is 5.75 Å². The topological polar surface area (TPSA) is 75.7 Å². The Morgan fingerprint density at radius 2 is 2.10 bits per heavy atom. The standard InChI is InChI=1S/C12H9Cl2N5O/c1-20-8-3-2-6(13)4-7(8)17-11-9-10(16-5-15-9)18-12(14)19-11/h2-5H,1H3,(H2,15,16,17,18,19). The van der Waals surface area contributed by atoms with Crippen LogP contribution in [0.15, 0.2) is 24.5 Å². The molecule has 2 aromatic heterocycles. The van der Waals surface area contributed by atoms with Crippen molar-refractivity contribution in [3.05, 3.63) is 34.8 Å². The van der Waals surface area contributed by atoms with Gasteiger partial charge in [0.05, 0.1) is 19.1 Å². The van der Waals surface area contributed by atoms with Crippen molar-refractivity contribution < 1.29 is 4.74 Å². The minimum Gasteiger partial charge on any atom is -0.495 e. The fourth-order valence-corrected chi connectivity index (χ4v) is 2.14. The number of anilines is 2. The normalized spacial score (nSPS) is 10.8. The molecule has 0 saturated heterocycles. The monoisotopic (exact) mass is 309 g/mol. The zero-order valence-electron chi connectivity index (χ0n) is 10.3. The van der Waals surface area contributed by atoms with E-state index in [1.807, 2.05) is 0 Å². The second-order valence-electron chi connectivity index (χ2n) is 3.91. The second kappa shape index (κ2) is 5.15. The highest BCUT2D eigenvalue weighted by Gasteiger charge is 2.11. The summed E-state index contributed by atoms with van der Waals surface area (Å²) in [5.74, 6) is 1.13. The van der Waals surface area contributed by atoms with Gasteiger partial charge in [-0.15, -0.1) is 0 Å². The fourth-order valence-electron chi connectivity index (χ4n) is 1.80. The minimum absolute atomic E-state index is 0.105. The van der Waals surface area contributed by atoms with Gasteiger partial charge in [-0.05, 0) is 29.8 Å². The van der Waals surface area contributed by atoms with Crippen LogP contribution in [0.25, 0.3) is 11.2 Å². The van der Waals surface area contributed by atoms with Crippen molar-refractivity contribution in [3.63, 3.8) is 0 Å². The molecule has 0 spiro atoms. The van der Waals surface area contributed by atoms with E-state index in [-0.39, 0.29) is 5.28 Å². The first-order valence-corrected chi connectivity index (χ1v) is 6.40. The van der Waals surface area contributed by atoms with Gasteiger partial charge in [-0.1, -0.05) is 11.6 Å². The van der Waals surface area contributed by atoms with Gasteiger partial charge < -0.3 is 15.0 Å². The lowest BCUT2D eigenvalue weighted by atomic mass is 10.3. The smallest absolute Gasteiger partial charge is 0.226 e. The van der Waals surface area contributed by atoms with E-state index >= 15 is 0 Å². The Kier molecular flexibility index (Phi) is 3.33. The molecule has 3 aromatic rings. The molecule has 0 amide bonds. The summed E-state index contributed by atoms with van der Waals surface area (Å²) in [7, 11) is 1.58. The molecule has 6 nitrogen and oxygen atoms in total. The van der Waals surface area contributed by atoms with Crippen LogP contribution in [0, 0.1) is 0 Å². The van der Waals surface area contributed by atoms with Crippen molar-refractivity contribution >= 4 is 45.9 Å². The van der Waals surface area contributed by atoms with Crippen LogP contribution in [0.3, 0.4) is 0 Å². The molecule has 0 unspecified atom stereocenters. The van der Waals surface area contributed by atoms with Crippen molar-refractivity contribution in [2.24, 2.45) is 0 Å². The maximum absolute atomic E-state index is 5.99. The van der Waals surface area contributed by atoms with Gasteiger partial charge in [0.25, 0.3) is 0 Å². The summed E-state index contributed by atoms with van der Waals surface area (Å²) in [4.78, 5) is 15.2. The number of hydrogen-bond donors (Lipinski definition) is 2. The number of aromatic nitrogens is 4. The van der Waals surface area contributed by atoms with E-state index in [9.17, 15) is 0 Å². The molecule has 102 valence electrons. The van der Waals surface area contributed by atoms with Gasteiger partial charge in [-0.2, -0.15) is 9.97 Å². The van der Waals surface area contributed by atoms with E-state index < -0.39 is 0 Å². The number of fused-ring (bicyclic) bond motifs is 1. The zero-order valence-corrected chi connectivity index (χ0v) is 11.8. The van der Waals surface area contributed by atoms with E-state index in [0.717, 1.165) is 0 Å². The number of aromatic amines is 1. The Morgan fingerprint density at radius 3 is 2.90 bits per heavy atom. The van der Waals surface area contributed by atoms with Gasteiger partial charge in [0, 0.05) is 5.02 Å². The van der Waals surface area contributed by atoms with E-state index in [2.05, 4.69) is 25.3 Å². The van der Waals surface area contributed by atoms with Crippen LogP contribution < -0.4 is 10.1 Å². The van der Waals surface area contributed by atoms with E-state index in [1.165, 1.54) is 6.33 Å². The molecular formula is C12H9Cl2N5O. The maximum atomic E-state index is 5.99. The number of halogens is 2. The molecule has 0 aliphatic rings. The van der Waals surface area contributed by atoms with Crippen molar-refractivity contribution in [3.8, 4) is 5.75 Å². The minimum atomic E-state index is 0.105. The molecular weight excluding hydrogens is 301 g/mol. The Morgan fingerprint density at radius 1 is 1.25 bits per heavy atom. The number of hydrogen-bond acceptors (Lipinski definition) is 5. The van der Waals surface area contributed by atoms with Gasteiger partial charge in [-0.3, -0.25) is 0 Å². The number of benzene rings is 1. The average molecular weight is 310 g/mol. The summed E-state index contributed by atoms with van der Waals surface area (Å²) in [6.45, 7) is 0. The van der Waals surface area contributed by atoms with Gasteiger partial charge in [0.1, 0.15) is 11.3 Å². The molecule has 0 aliphatic carbocycles. The SMILES string of the molecule is COc1ccc(Cl)cc1Nc1nc(Cl)nc2nc[nH]c12. The lowest BCUT2D eigenvalue weighted by Crippen LogP contribution is -1.99. The lowest BCUT2D eigenvalue weighted by molar-refractivity contribution is 0.417. The first-order valence-electron chi connectivity index (χ1n) is 5.64. The second-order valence-corrected chi connectivity index (χ2v) is 4.69. The van der Waals surface area contributed by atoms with Crippen molar-refractivity contribution in [1.82, 2.24) is 19.9 Å². The molecule has 0 radical (unpaired) electrons. The maximum Gasteiger partial charge on any atom is 0.226 e. The number of rotatable bonds is 3. The van der Waals surface area contributed by atoms with Gasteiger partial charge in [0.2, 0.25) is 5.28 Å². The van der Waals surface area contributed by atoms with Crippen molar-refractivity contribution in [2.45, 2.75) is 0 Å². The highest BCUT2D eigenvalue weighted by molar-refractivity contribution is 6.31. The molecule has 0 aliphatic heterocycles. The predicted molar refractivity (Wildman–Crippen MR) is 78.0 cm³/mol. The van der Waals surface area contributed by atoms with Crippen LogP contribution in [-0.4, -0.2) is 27.0 Å². The van der Waals surface area contributed by atoms with Crippen LogP contribution in [0.1, 0.15) is 0 Å². The van der Waals surface area contributed by atoms with E-state index in [4.69, 9.17) is 27.9 Å².